The van der Waals surface area contributed by atoms with Gasteiger partial charge in [0.05, 0.1) is 0 Å². The van der Waals surface area contributed by atoms with Crippen molar-refractivity contribution in [3.05, 3.63) is 274 Å². The van der Waals surface area contributed by atoms with Gasteiger partial charge in [-0.25, -0.2) is 0 Å². The summed E-state index contributed by atoms with van der Waals surface area (Å²) in [5, 5.41) is 4.93. The van der Waals surface area contributed by atoms with Crippen molar-refractivity contribution in [3.8, 4) is 0 Å². The summed E-state index contributed by atoms with van der Waals surface area (Å²) in [5.41, 5.74) is 14.3. The smallest absolute Gasteiger partial charge is 0.00987 e. The van der Waals surface area contributed by atoms with Gasteiger partial charge in [0.2, 0.25) is 0 Å². The minimum atomic E-state index is 1.16. The molecule has 0 aromatic heterocycles. The van der Waals surface area contributed by atoms with E-state index in [2.05, 4.69) is 255 Å². The molecular formula is C58H42. The first kappa shape index (κ1) is 36.1. The fourth-order valence-corrected chi connectivity index (χ4v) is 7.89. The van der Waals surface area contributed by atoms with E-state index in [0.29, 0.717) is 0 Å². The number of rotatable bonds is 10. The van der Waals surface area contributed by atoms with Crippen molar-refractivity contribution < 1.29 is 0 Å². The van der Waals surface area contributed by atoms with Crippen LogP contribution < -0.4 is 0 Å². The zero-order chi connectivity index (χ0) is 38.9. The monoisotopic (exact) mass is 738 g/mol. The maximum Gasteiger partial charge on any atom is -0.00987 e. The largest absolute Gasteiger partial charge is 0.0622 e. The van der Waals surface area contributed by atoms with E-state index in [4.69, 9.17) is 0 Å². The molecule has 0 saturated carbocycles. The van der Waals surface area contributed by atoms with Gasteiger partial charge < -0.3 is 0 Å². The van der Waals surface area contributed by atoms with E-state index in [-0.39, 0.29) is 0 Å². The zero-order valence-corrected chi connectivity index (χ0v) is 32.2. The Balaban J connectivity index is 1.07. The van der Waals surface area contributed by atoms with Gasteiger partial charge in [0, 0.05) is 0 Å². The molecule has 0 radical (unpaired) electrons. The highest BCUT2D eigenvalue weighted by Crippen LogP contribution is 2.36. The van der Waals surface area contributed by atoms with E-state index in [1.54, 1.807) is 0 Å². The molecule has 0 amide bonds. The molecule has 0 aliphatic heterocycles. The quantitative estimate of drug-likeness (QED) is 0.0968. The first-order valence-electron chi connectivity index (χ1n) is 19.9. The first-order valence-corrected chi connectivity index (χ1v) is 19.9. The van der Waals surface area contributed by atoms with Crippen molar-refractivity contribution in [2.24, 2.45) is 0 Å². The van der Waals surface area contributed by atoms with Crippen LogP contribution in [-0.2, 0) is 0 Å². The lowest BCUT2D eigenvalue weighted by molar-refractivity contribution is 1.55. The summed E-state index contributed by atoms with van der Waals surface area (Å²) in [6, 6.07) is 77.8. The van der Waals surface area contributed by atoms with Crippen LogP contribution in [-0.4, -0.2) is 0 Å². The average Bonchev–Trinajstić information content (AvgIpc) is 3.30. The van der Waals surface area contributed by atoms with E-state index in [0.717, 1.165) is 22.3 Å². The molecule has 274 valence electrons. The van der Waals surface area contributed by atoms with Crippen LogP contribution >= 0.6 is 0 Å². The maximum absolute atomic E-state index is 2.30. The van der Waals surface area contributed by atoms with Gasteiger partial charge in [0.1, 0.15) is 0 Å². The summed E-state index contributed by atoms with van der Waals surface area (Å²) < 4.78 is 0. The zero-order valence-electron chi connectivity index (χ0n) is 32.2. The Morgan fingerprint density at radius 1 is 0.241 bits per heavy atom. The molecule has 9 aromatic carbocycles. The molecular weight excluding hydrogens is 697 g/mol. The van der Waals surface area contributed by atoms with Crippen LogP contribution in [0, 0.1) is 0 Å². The molecule has 0 saturated heterocycles. The van der Waals surface area contributed by atoms with Gasteiger partial charge in [-0.15, -0.1) is 0 Å². The summed E-state index contributed by atoms with van der Waals surface area (Å²) in [5.74, 6) is 0. The predicted octanol–water partition coefficient (Wildman–Crippen LogP) is 15.5. The van der Waals surface area contributed by atoms with Crippen molar-refractivity contribution in [2.75, 3.05) is 0 Å². The van der Waals surface area contributed by atoms with Gasteiger partial charge in [0.15, 0.2) is 0 Å². The van der Waals surface area contributed by atoms with E-state index in [1.807, 2.05) is 0 Å². The second-order valence-electron chi connectivity index (χ2n) is 14.5. The number of hydrogen-bond acceptors (Lipinski definition) is 0. The molecule has 58 heavy (non-hydrogen) atoms. The van der Waals surface area contributed by atoms with Gasteiger partial charge in [-0.3, -0.25) is 0 Å². The van der Waals surface area contributed by atoms with Gasteiger partial charge in [-0.05, 0) is 113 Å². The van der Waals surface area contributed by atoms with Crippen LogP contribution in [0.3, 0.4) is 0 Å². The van der Waals surface area contributed by atoms with Crippen LogP contribution in [0.25, 0.3) is 69.1 Å². The third-order valence-electron chi connectivity index (χ3n) is 10.7. The Labute approximate surface area is 341 Å². The minimum Gasteiger partial charge on any atom is -0.0622 e. The molecule has 0 fully saturated rings. The normalized spacial score (nSPS) is 11.3. The highest BCUT2D eigenvalue weighted by molar-refractivity contribution is 6.14. The minimum absolute atomic E-state index is 1.16. The number of benzene rings is 9. The summed E-state index contributed by atoms with van der Waals surface area (Å²) in [6.45, 7) is 0. The molecule has 9 rings (SSSR count). The second kappa shape index (κ2) is 17.1. The van der Waals surface area contributed by atoms with Gasteiger partial charge in [0.25, 0.3) is 0 Å². The number of fused-ring (bicyclic) bond motifs is 2. The third kappa shape index (κ3) is 8.05. The molecule has 0 aliphatic rings. The fourth-order valence-electron chi connectivity index (χ4n) is 7.89. The van der Waals surface area contributed by atoms with Gasteiger partial charge in [-0.1, -0.05) is 231 Å². The Bertz CT molecular complexity index is 2600. The van der Waals surface area contributed by atoms with Gasteiger partial charge >= 0.3 is 0 Å². The molecule has 9 aromatic rings. The lowest BCUT2D eigenvalue weighted by Crippen LogP contribution is -1.89. The van der Waals surface area contributed by atoms with Crippen LogP contribution in [0.4, 0.5) is 0 Å². The summed E-state index contributed by atoms with van der Waals surface area (Å²) >= 11 is 0. The molecule has 0 nitrogen and oxygen atoms in total. The Kier molecular flexibility index (Phi) is 10.6. The van der Waals surface area contributed by atoms with E-state index >= 15 is 0 Å². The van der Waals surface area contributed by atoms with Crippen molar-refractivity contribution >= 4 is 69.1 Å². The molecule has 0 aliphatic carbocycles. The topological polar surface area (TPSA) is 0 Å². The molecule has 0 unspecified atom stereocenters. The predicted molar refractivity (Wildman–Crippen MR) is 252 cm³/mol. The van der Waals surface area contributed by atoms with Crippen molar-refractivity contribution in [1.82, 2.24) is 0 Å². The van der Waals surface area contributed by atoms with Crippen molar-refractivity contribution in [3.63, 3.8) is 0 Å². The SMILES string of the molecule is C(=Cc1c2ccccc2c(C=Cc2cccc(C=C(c3ccccc3)c3ccccc3)c2)c2ccccc12)c1cccc(C=C(c2ccccc2)c2ccccc2)c1. The van der Waals surface area contributed by atoms with Gasteiger partial charge in [-0.2, -0.15) is 0 Å². The summed E-state index contributed by atoms with van der Waals surface area (Å²) in [7, 11) is 0. The molecule has 0 N–H and O–H groups in total. The molecule has 0 atom stereocenters. The average molecular weight is 739 g/mol. The molecule has 0 heterocycles. The highest BCUT2D eigenvalue weighted by atomic mass is 14.2. The molecule has 0 spiro atoms. The van der Waals surface area contributed by atoms with Crippen LogP contribution in [0.15, 0.2) is 218 Å². The van der Waals surface area contributed by atoms with Crippen molar-refractivity contribution in [2.45, 2.75) is 0 Å². The Morgan fingerprint density at radius 2 is 0.517 bits per heavy atom. The highest BCUT2D eigenvalue weighted by Gasteiger charge is 2.12. The standard InChI is InChI=1S/C58H42/c1-5-23-47(24-6-1)57(48-25-7-2-8-26-48)41-45-21-17-19-43(39-45)35-37-55-51-31-13-15-33-53(51)56(54-34-16-14-32-52(54)55)38-36-44-20-18-22-46(40-44)42-58(49-27-9-3-10-28-49)50-29-11-4-12-30-50/h1-42H. The Morgan fingerprint density at radius 3 is 0.828 bits per heavy atom. The maximum atomic E-state index is 2.30. The summed E-state index contributed by atoms with van der Waals surface area (Å²) in [4.78, 5) is 0. The third-order valence-corrected chi connectivity index (χ3v) is 10.7. The lowest BCUT2D eigenvalue weighted by Gasteiger charge is -2.13. The molecule has 0 heteroatoms. The van der Waals surface area contributed by atoms with Crippen LogP contribution in [0.1, 0.15) is 55.6 Å². The molecule has 0 bridgehead atoms. The fraction of sp³-hybridized carbons (Fsp3) is 0. The van der Waals surface area contributed by atoms with E-state index in [1.165, 1.54) is 66.1 Å². The van der Waals surface area contributed by atoms with E-state index < -0.39 is 0 Å². The van der Waals surface area contributed by atoms with Crippen LogP contribution in [0.2, 0.25) is 0 Å². The van der Waals surface area contributed by atoms with Crippen LogP contribution in [0.5, 0.6) is 0 Å². The Hall–Kier alpha value is -7.54. The first-order chi connectivity index (χ1) is 28.8. The lowest BCUT2D eigenvalue weighted by atomic mass is 9.90. The van der Waals surface area contributed by atoms with Crippen molar-refractivity contribution in [1.29, 1.82) is 0 Å². The summed E-state index contributed by atoms with van der Waals surface area (Å²) in [6.07, 6.45) is 13.7. The second-order valence-corrected chi connectivity index (χ2v) is 14.5. The van der Waals surface area contributed by atoms with E-state index in [9.17, 15) is 0 Å². The number of hydrogen-bond donors (Lipinski definition) is 0.